The second kappa shape index (κ2) is 3.43. The number of aromatic carboxylic acids is 1. The average molecular weight is 182 g/mol. The van der Waals surface area contributed by atoms with Crippen LogP contribution in [0.3, 0.4) is 0 Å². The van der Waals surface area contributed by atoms with Crippen LogP contribution in [0.25, 0.3) is 0 Å². The summed E-state index contributed by atoms with van der Waals surface area (Å²) < 4.78 is 5.09. The van der Waals surface area contributed by atoms with Crippen molar-refractivity contribution < 1.29 is 19.1 Å². The van der Waals surface area contributed by atoms with Crippen molar-refractivity contribution in [3.05, 3.63) is 23.2 Å². The molecule has 0 atom stereocenters. The molecule has 0 spiro atoms. The third-order valence-electron chi connectivity index (χ3n) is 1.62. The lowest BCUT2D eigenvalue weighted by atomic mass is 10.2. The summed E-state index contributed by atoms with van der Waals surface area (Å²) in [5.41, 5.74) is 0.122. The van der Waals surface area contributed by atoms with Gasteiger partial charge in [-0.3, -0.25) is 4.79 Å². The molecule has 0 aliphatic heterocycles. The second-order valence-corrected chi connectivity index (χ2v) is 2.87. The van der Waals surface area contributed by atoms with E-state index >= 15 is 0 Å². The summed E-state index contributed by atoms with van der Waals surface area (Å²) in [4.78, 5) is 21.3. The predicted octanol–water partition coefficient (Wildman–Crippen LogP) is 1.42. The molecule has 1 aromatic rings. The number of carbonyl (C=O) groups excluding carboxylic acids is 1. The third kappa shape index (κ3) is 2.18. The second-order valence-electron chi connectivity index (χ2n) is 2.87. The van der Waals surface area contributed by atoms with Gasteiger partial charge in [0.15, 0.2) is 0 Å². The van der Waals surface area contributed by atoms with E-state index in [0.717, 1.165) is 0 Å². The van der Waals surface area contributed by atoms with Crippen LogP contribution in [-0.2, 0) is 11.2 Å². The van der Waals surface area contributed by atoms with Gasteiger partial charge in [0.25, 0.3) is 0 Å². The molecule has 0 saturated heterocycles. The van der Waals surface area contributed by atoms with E-state index in [1.54, 1.807) is 6.92 Å². The van der Waals surface area contributed by atoms with E-state index in [9.17, 15) is 9.59 Å². The number of ketones is 1. The Bertz CT molecular complexity index is 348. The first-order valence-corrected chi connectivity index (χ1v) is 3.82. The van der Waals surface area contributed by atoms with E-state index in [1.807, 2.05) is 0 Å². The molecule has 0 unspecified atom stereocenters. The minimum Gasteiger partial charge on any atom is -0.478 e. The smallest absolute Gasteiger partial charge is 0.339 e. The molecular weight excluding hydrogens is 172 g/mol. The molecule has 0 bridgehead atoms. The molecule has 13 heavy (non-hydrogen) atoms. The molecule has 1 N–H and O–H groups in total. The van der Waals surface area contributed by atoms with Crippen molar-refractivity contribution in [2.24, 2.45) is 0 Å². The Balaban J connectivity index is 2.95. The molecule has 70 valence electrons. The third-order valence-corrected chi connectivity index (χ3v) is 1.62. The monoisotopic (exact) mass is 182 g/mol. The van der Waals surface area contributed by atoms with Gasteiger partial charge in [0, 0.05) is 0 Å². The van der Waals surface area contributed by atoms with Gasteiger partial charge >= 0.3 is 5.97 Å². The number of hydrogen-bond donors (Lipinski definition) is 1. The van der Waals surface area contributed by atoms with Crippen molar-refractivity contribution in [1.29, 1.82) is 0 Å². The van der Waals surface area contributed by atoms with Crippen molar-refractivity contribution in [3.63, 3.8) is 0 Å². The first-order valence-electron chi connectivity index (χ1n) is 3.82. The van der Waals surface area contributed by atoms with Gasteiger partial charge in [0.05, 0.1) is 6.42 Å². The number of carbonyl (C=O) groups is 2. The zero-order valence-electron chi connectivity index (χ0n) is 7.46. The van der Waals surface area contributed by atoms with Gasteiger partial charge in [-0.15, -0.1) is 0 Å². The largest absolute Gasteiger partial charge is 0.478 e. The van der Waals surface area contributed by atoms with Gasteiger partial charge < -0.3 is 9.52 Å². The average Bonchev–Trinajstić information content (AvgIpc) is 2.29. The van der Waals surface area contributed by atoms with Crippen LogP contribution in [0.4, 0.5) is 0 Å². The Kier molecular flexibility index (Phi) is 2.51. The lowest BCUT2D eigenvalue weighted by Crippen LogP contribution is -1.96. The van der Waals surface area contributed by atoms with Gasteiger partial charge in [0.2, 0.25) is 0 Å². The van der Waals surface area contributed by atoms with Crippen LogP contribution in [-0.4, -0.2) is 16.9 Å². The van der Waals surface area contributed by atoms with E-state index in [2.05, 4.69) is 0 Å². The minimum absolute atomic E-state index is 0.0503. The first kappa shape index (κ1) is 9.51. The zero-order chi connectivity index (χ0) is 10.0. The van der Waals surface area contributed by atoms with E-state index in [0.29, 0.717) is 11.5 Å². The highest BCUT2D eigenvalue weighted by Gasteiger charge is 2.14. The Morgan fingerprint density at radius 3 is 2.54 bits per heavy atom. The van der Waals surface area contributed by atoms with Crippen LogP contribution in [0.15, 0.2) is 10.5 Å². The lowest BCUT2D eigenvalue weighted by molar-refractivity contribution is -0.116. The summed E-state index contributed by atoms with van der Waals surface area (Å²) in [6, 6.07) is 1.39. The van der Waals surface area contributed by atoms with Crippen LogP contribution in [0.1, 0.15) is 28.8 Å². The number of Topliss-reactive ketones (excluding diaryl/α,β-unsaturated/α-hetero) is 1. The molecule has 0 saturated carbocycles. The molecule has 0 amide bonds. The number of carboxylic acids is 1. The van der Waals surface area contributed by atoms with Crippen LogP contribution in [0.5, 0.6) is 0 Å². The van der Waals surface area contributed by atoms with Crippen molar-refractivity contribution in [2.45, 2.75) is 20.3 Å². The fourth-order valence-electron chi connectivity index (χ4n) is 1.09. The predicted molar refractivity (Wildman–Crippen MR) is 44.8 cm³/mol. The maximum absolute atomic E-state index is 10.7. The van der Waals surface area contributed by atoms with Crippen molar-refractivity contribution in [3.8, 4) is 0 Å². The molecule has 1 aromatic heterocycles. The van der Waals surface area contributed by atoms with Crippen molar-refractivity contribution in [1.82, 2.24) is 0 Å². The van der Waals surface area contributed by atoms with Gasteiger partial charge in [-0.05, 0) is 19.9 Å². The minimum atomic E-state index is -1.03. The molecule has 0 radical (unpaired) electrons. The number of rotatable bonds is 3. The summed E-state index contributed by atoms with van der Waals surface area (Å²) in [7, 11) is 0. The van der Waals surface area contributed by atoms with Gasteiger partial charge in [0.1, 0.15) is 22.9 Å². The SMILES string of the molecule is CC(=O)Cc1cc(C(=O)O)c(C)o1. The van der Waals surface area contributed by atoms with Crippen LogP contribution < -0.4 is 0 Å². The Hall–Kier alpha value is -1.58. The lowest BCUT2D eigenvalue weighted by Gasteiger charge is -1.88. The molecule has 0 fully saturated rings. The van der Waals surface area contributed by atoms with Crippen LogP contribution in [0.2, 0.25) is 0 Å². The Labute approximate surface area is 75.2 Å². The van der Waals surface area contributed by atoms with E-state index in [-0.39, 0.29) is 17.8 Å². The summed E-state index contributed by atoms with van der Waals surface area (Å²) in [6.45, 7) is 2.99. The Morgan fingerprint density at radius 1 is 1.54 bits per heavy atom. The molecule has 1 heterocycles. The number of aryl methyl sites for hydroxylation is 1. The summed E-state index contributed by atoms with van der Waals surface area (Å²) in [5.74, 6) is -0.340. The summed E-state index contributed by atoms with van der Waals surface area (Å²) in [6.07, 6.45) is 0.147. The molecule has 4 heteroatoms. The number of hydrogen-bond acceptors (Lipinski definition) is 3. The molecule has 4 nitrogen and oxygen atoms in total. The molecule has 0 aliphatic carbocycles. The molecule has 0 aromatic carbocycles. The summed E-state index contributed by atoms with van der Waals surface area (Å²) >= 11 is 0. The highest BCUT2D eigenvalue weighted by molar-refractivity contribution is 5.89. The molecular formula is C9H10O4. The highest BCUT2D eigenvalue weighted by atomic mass is 16.4. The van der Waals surface area contributed by atoms with Gasteiger partial charge in [-0.1, -0.05) is 0 Å². The maximum Gasteiger partial charge on any atom is 0.339 e. The highest BCUT2D eigenvalue weighted by Crippen LogP contribution is 2.15. The fourth-order valence-corrected chi connectivity index (χ4v) is 1.09. The maximum atomic E-state index is 10.7. The molecule has 0 aliphatic rings. The van der Waals surface area contributed by atoms with E-state index < -0.39 is 5.97 Å². The normalized spacial score (nSPS) is 10.0. The molecule has 1 rings (SSSR count). The summed E-state index contributed by atoms with van der Waals surface area (Å²) in [5, 5.41) is 8.67. The van der Waals surface area contributed by atoms with Crippen molar-refractivity contribution >= 4 is 11.8 Å². The zero-order valence-corrected chi connectivity index (χ0v) is 7.46. The van der Waals surface area contributed by atoms with Crippen LogP contribution in [0, 0.1) is 6.92 Å². The van der Waals surface area contributed by atoms with E-state index in [1.165, 1.54) is 13.0 Å². The number of furan rings is 1. The quantitative estimate of drug-likeness (QED) is 0.767. The number of carboxylic acid groups (broad SMARTS) is 1. The van der Waals surface area contributed by atoms with Crippen molar-refractivity contribution in [2.75, 3.05) is 0 Å². The topological polar surface area (TPSA) is 67.5 Å². The standard InChI is InChI=1S/C9H10O4/c1-5(10)3-7-4-8(9(11)12)6(2)13-7/h4H,3H2,1-2H3,(H,11,12). The van der Waals surface area contributed by atoms with Gasteiger partial charge in [-0.2, -0.15) is 0 Å². The fraction of sp³-hybridized carbons (Fsp3) is 0.333. The Morgan fingerprint density at radius 2 is 2.15 bits per heavy atom. The van der Waals surface area contributed by atoms with Crippen LogP contribution >= 0.6 is 0 Å². The van der Waals surface area contributed by atoms with E-state index in [4.69, 9.17) is 9.52 Å². The van der Waals surface area contributed by atoms with Gasteiger partial charge in [-0.25, -0.2) is 4.79 Å². The first-order chi connectivity index (χ1) is 6.00.